The highest BCUT2D eigenvalue weighted by Crippen LogP contribution is 2.31. The minimum Gasteiger partial charge on any atom is -0.462 e. The van der Waals surface area contributed by atoms with Crippen molar-refractivity contribution in [2.24, 2.45) is 0 Å². The molecule has 1 amide bonds. The smallest absolute Gasteiger partial charge is 0.435 e. The first-order chi connectivity index (χ1) is 16.1. The monoisotopic (exact) mass is 503 g/mol. The van der Waals surface area contributed by atoms with E-state index in [4.69, 9.17) is 9.47 Å². The maximum atomic E-state index is 13.2. The zero-order valence-corrected chi connectivity index (χ0v) is 20.2. The van der Waals surface area contributed by atoms with Gasteiger partial charge >= 0.3 is 12.1 Å². The normalized spacial score (nSPS) is 18.7. The number of aromatic amines is 1. The number of nitrogens with one attached hydrogen (secondary N) is 2. The molecule has 9 nitrogen and oxygen atoms in total. The van der Waals surface area contributed by atoms with Gasteiger partial charge in [0.1, 0.15) is 4.88 Å². The molecular formula is C21H28F3N5O4S. The van der Waals surface area contributed by atoms with Crippen molar-refractivity contribution in [1.29, 1.82) is 0 Å². The Morgan fingerprint density at radius 2 is 1.97 bits per heavy atom. The third kappa shape index (κ3) is 5.69. The lowest BCUT2D eigenvalue weighted by Crippen LogP contribution is -2.55. The summed E-state index contributed by atoms with van der Waals surface area (Å²) in [5.41, 5.74) is -0.634. The van der Waals surface area contributed by atoms with Crippen LogP contribution in [0.4, 0.5) is 18.3 Å². The first kappa shape index (κ1) is 25.9. The summed E-state index contributed by atoms with van der Waals surface area (Å²) in [6.07, 6.45) is -4.54. The van der Waals surface area contributed by atoms with Gasteiger partial charge in [0.2, 0.25) is 0 Å². The van der Waals surface area contributed by atoms with Crippen LogP contribution >= 0.6 is 11.3 Å². The minimum atomic E-state index is -4.65. The summed E-state index contributed by atoms with van der Waals surface area (Å²) in [4.78, 5) is 37.7. The van der Waals surface area contributed by atoms with Gasteiger partial charge in [0.05, 0.1) is 24.4 Å². The summed E-state index contributed by atoms with van der Waals surface area (Å²) >= 11 is 1.23. The van der Waals surface area contributed by atoms with Crippen molar-refractivity contribution in [2.75, 3.05) is 31.2 Å². The molecule has 3 heterocycles. The van der Waals surface area contributed by atoms with Gasteiger partial charge in [-0.3, -0.25) is 4.79 Å². The zero-order chi connectivity index (χ0) is 25.0. The Balaban J connectivity index is 1.72. The summed E-state index contributed by atoms with van der Waals surface area (Å²) in [5.74, 6) is -1.52. The Morgan fingerprint density at radius 1 is 1.24 bits per heavy atom. The van der Waals surface area contributed by atoms with Crippen LogP contribution in [0.25, 0.3) is 0 Å². The van der Waals surface area contributed by atoms with Gasteiger partial charge in [-0.1, -0.05) is 18.3 Å². The van der Waals surface area contributed by atoms with Crippen molar-refractivity contribution < 1.29 is 32.2 Å². The number of aromatic nitrogens is 3. The average Bonchev–Trinajstić information content (AvgIpc) is 3.39. The molecule has 0 aliphatic carbocycles. The van der Waals surface area contributed by atoms with E-state index < -0.39 is 35.9 Å². The molecule has 2 aromatic heterocycles. The zero-order valence-electron chi connectivity index (χ0n) is 19.4. The van der Waals surface area contributed by atoms with E-state index in [1.807, 2.05) is 11.8 Å². The molecule has 0 aromatic carbocycles. The summed E-state index contributed by atoms with van der Waals surface area (Å²) in [5, 5.41) is 3.41. The molecule has 0 saturated carbocycles. The summed E-state index contributed by atoms with van der Waals surface area (Å²) in [6.45, 7) is 8.39. The van der Waals surface area contributed by atoms with E-state index in [0.717, 1.165) is 0 Å². The molecule has 34 heavy (non-hydrogen) atoms. The molecule has 3 rings (SSSR count). The van der Waals surface area contributed by atoms with Crippen molar-refractivity contribution in [1.82, 2.24) is 20.3 Å². The van der Waals surface area contributed by atoms with Crippen LogP contribution < -0.4 is 10.2 Å². The van der Waals surface area contributed by atoms with Gasteiger partial charge in [0, 0.05) is 25.4 Å². The quantitative estimate of drug-likeness (QED) is 0.532. The number of anilines is 1. The number of carbonyl (C=O) groups excluding carboxylic acids is 2. The van der Waals surface area contributed by atoms with Crippen LogP contribution in [-0.4, -0.2) is 65.3 Å². The number of thiazole rings is 1. The van der Waals surface area contributed by atoms with Crippen LogP contribution in [-0.2, 0) is 22.1 Å². The van der Waals surface area contributed by atoms with Crippen molar-refractivity contribution in [3.63, 3.8) is 0 Å². The topological polar surface area (TPSA) is 109 Å². The van der Waals surface area contributed by atoms with E-state index in [9.17, 15) is 22.8 Å². The molecule has 188 valence electrons. The number of esters is 1. The average molecular weight is 504 g/mol. The van der Waals surface area contributed by atoms with Crippen LogP contribution in [0.5, 0.6) is 0 Å². The lowest BCUT2D eigenvalue weighted by Gasteiger charge is -2.38. The Hall–Kier alpha value is -2.67. The molecule has 2 atom stereocenters. The Kier molecular flexibility index (Phi) is 8.18. The highest BCUT2D eigenvalue weighted by atomic mass is 32.1. The first-order valence-corrected chi connectivity index (χ1v) is 11.9. The molecule has 0 spiro atoms. The number of hydrogen-bond acceptors (Lipinski definition) is 8. The lowest BCUT2D eigenvalue weighted by atomic mass is 10.0. The standard InChI is InChI=1S/C21H28F3N5O4S/c1-5-12-16(21(22,23)24)28-17(26-12)18(30)27-13-8-9-29(10-14(13)32-6-2)20-25-11(4)15(34-20)19(31)33-7-3/h13-14H,5-10H2,1-4H3,(H,26,28)(H,27,30). The van der Waals surface area contributed by atoms with Crippen LogP contribution in [0.2, 0.25) is 0 Å². The van der Waals surface area contributed by atoms with Gasteiger partial charge in [-0.25, -0.2) is 14.8 Å². The van der Waals surface area contributed by atoms with E-state index in [2.05, 4.69) is 20.3 Å². The molecular weight excluding hydrogens is 475 g/mol. The minimum absolute atomic E-state index is 0.0656. The molecule has 2 unspecified atom stereocenters. The number of halogens is 3. The summed E-state index contributed by atoms with van der Waals surface area (Å²) in [6, 6.07) is -0.432. The van der Waals surface area contributed by atoms with Gasteiger partial charge in [-0.2, -0.15) is 13.2 Å². The van der Waals surface area contributed by atoms with Gasteiger partial charge in [0.25, 0.3) is 5.91 Å². The van der Waals surface area contributed by atoms with Crippen LogP contribution in [0, 0.1) is 6.92 Å². The highest BCUT2D eigenvalue weighted by molar-refractivity contribution is 7.17. The predicted octanol–water partition coefficient (Wildman–Crippen LogP) is 3.35. The number of piperidine rings is 1. The predicted molar refractivity (Wildman–Crippen MR) is 119 cm³/mol. The number of aryl methyl sites for hydroxylation is 2. The number of H-pyrrole nitrogens is 1. The molecule has 2 aromatic rings. The van der Waals surface area contributed by atoms with Crippen molar-refractivity contribution in [3.05, 3.63) is 27.8 Å². The number of ether oxygens (including phenoxy) is 2. The summed E-state index contributed by atoms with van der Waals surface area (Å²) in [7, 11) is 0. The molecule has 0 bridgehead atoms. The SMILES string of the molecule is CCOC(=O)c1sc(N2CCC(NC(=O)c3nc(C(F)(F)F)c(CC)[nH]3)C(OCC)C2)nc1C. The van der Waals surface area contributed by atoms with E-state index in [1.54, 1.807) is 20.8 Å². The fourth-order valence-electron chi connectivity index (χ4n) is 3.79. The highest BCUT2D eigenvalue weighted by Gasteiger charge is 2.38. The second kappa shape index (κ2) is 10.7. The lowest BCUT2D eigenvalue weighted by molar-refractivity contribution is -0.141. The third-order valence-corrected chi connectivity index (χ3v) is 6.59. The van der Waals surface area contributed by atoms with Crippen molar-refractivity contribution in [2.45, 2.75) is 58.9 Å². The van der Waals surface area contributed by atoms with Crippen molar-refractivity contribution in [3.8, 4) is 0 Å². The number of alkyl halides is 3. The second-order valence-electron chi connectivity index (χ2n) is 7.70. The Bertz CT molecular complexity index is 1020. The largest absolute Gasteiger partial charge is 0.462 e. The van der Waals surface area contributed by atoms with Crippen LogP contribution in [0.1, 0.15) is 64.6 Å². The van der Waals surface area contributed by atoms with Gasteiger partial charge in [0.15, 0.2) is 16.6 Å². The number of carbonyl (C=O) groups is 2. The molecule has 13 heteroatoms. The maximum absolute atomic E-state index is 13.2. The third-order valence-electron chi connectivity index (χ3n) is 5.39. The van der Waals surface area contributed by atoms with Gasteiger partial charge in [-0.05, 0) is 33.6 Å². The second-order valence-corrected chi connectivity index (χ2v) is 8.68. The summed E-state index contributed by atoms with van der Waals surface area (Å²) < 4.78 is 50.5. The number of hydrogen-bond donors (Lipinski definition) is 2. The first-order valence-electron chi connectivity index (χ1n) is 11.1. The van der Waals surface area contributed by atoms with E-state index in [1.165, 1.54) is 11.3 Å². The van der Waals surface area contributed by atoms with Gasteiger partial charge < -0.3 is 24.7 Å². The number of amides is 1. The number of rotatable bonds is 8. The van der Waals surface area contributed by atoms with E-state index in [-0.39, 0.29) is 24.5 Å². The number of nitrogens with zero attached hydrogens (tertiary/aromatic N) is 3. The van der Waals surface area contributed by atoms with Crippen LogP contribution in [0.15, 0.2) is 0 Å². The molecule has 0 radical (unpaired) electrons. The van der Waals surface area contributed by atoms with E-state index >= 15 is 0 Å². The molecule has 1 aliphatic heterocycles. The fourth-order valence-corrected chi connectivity index (χ4v) is 4.78. The maximum Gasteiger partial charge on any atom is 0.435 e. The molecule has 1 aliphatic rings. The molecule has 2 N–H and O–H groups in total. The van der Waals surface area contributed by atoms with Crippen molar-refractivity contribution >= 4 is 28.3 Å². The number of imidazole rings is 1. The Morgan fingerprint density at radius 3 is 2.56 bits per heavy atom. The molecule has 1 saturated heterocycles. The van der Waals surface area contributed by atoms with Gasteiger partial charge in [-0.15, -0.1) is 0 Å². The Labute approximate surface area is 199 Å². The van der Waals surface area contributed by atoms with E-state index in [0.29, 0.717) is 41.8 Å². The fraction of sp³-hybridized carbons (Fsp3) is 0.619. The van der Waals surface area contributed by atoms with Crippen LogP contribution in [0.3, 0.4) is 0 Å². The molecule has 1 fully saturated rings.